The topological polar surface area (TPSA) is 125 Å². The SMILES string of the molecule is Nc1ncc(-c2cc(F)cc(N3CCn4c(cc5c4CCCC5)C3=O)c2CO)cc1Nc1ccc(N2CCN(C3COC3)CC2)cn1. The molecule has 11 nitrogen and oxygen atoms in total. The number of ether oxygens (including phenoxy) is 1. The molecule has 4 aliphatic rings. The number of halogens is 1. The molecule has 244 valence electrons. The fourth-order valence-electron chi connectivity index (χ4n) is 7.44. The number of nitrogens with zero attached hydrogens (tertiary/aromatic N) is 6. The van der Waals surface area contributed by atoms with Crippen LogP contribution in [0.3, 0.4) is 0 Å². The molecule has 2 saturated heterocycles. The second kappa shape index (κ2) is 12.3. The van der Waals surface area contributed by atoms with Gasteiger partial charge in [-0.3, -0.25) is 9.69 Å². The number of hydrogen-bond acceptors (Lipinski definition) is 9. The van der Waals surface area contributed by atoms with Crippen LogP contribution in [0.15, 0.2) is 48.8 Å². The quantitative estimate of drug-likeness (QED) is 0.276. The number of carbonyl (C=O) groups excluding carboxylic acids is 1. The van der Waals surface area contributed by atoms with Crippen LogP contribution >= 0.6 is 0 Å². The first kappa shape index (κ1) is 29.9. The van der Waals surface area contributed by atoms with Crippen LogP contribution < -0.4 is 20.9 Å². The van der Waals surface area contributed by atoms with E-state index in [4.69, 9.17) is 10.5 Å². The van der Waals surface area contributed by atoms with E-state index in [-0.39, 0.29) is 18.3 Å². The summed E-state index contributed by atoms with van der Waals surface area (Å²) in [4.78, 5) is 29.2. The summed E-state index contributed by atoms with van der Waals surface area (Å²) in [5, 5.41) is 13.9. The zero-order valence-electron chi connectivity index (χ0n) is 26.3. The van der Waals surface area contributed by atoms with E-state index in [0.29, 0.717) is 58.7 Å². The maximum atomic E-state index is 15.3. The smallest absolute Gasteiger partial charge is 0.274 e. The average Bonchev–Trinajstić information content (AvgIpc) is 3.45. The summed E-state index contributed by atoms with van der Waals surface area (Å²) in [6.45, 7) is 6.17. The Morgan fingerprint density at radius 3 is 2.55 bits per heavy atom. The highest BCUT2D eigenvalue weighted by Crippen LogP contribution is 2.38. The molecule has 12 heteroatoms. The number of fused-ring (bicyclic) bond motifs is 3. The van der Waals surface area contributed by atoms with Gasteiger partial charge in [0.25, 0.3) is 5.91 Å². The molecule has 0 bridgehead atoms. The highest BCUT2D eigenvalue weighted by atomic mass is 19.1. The molecule has 1 aliphatic carbocycles. The van der Waals surface area contributed by atoms with E-state index in [0.717, 1.165) is 70.8 Å². The summed E-state index contributed by atoms with van der Waals surface area (Å²) in [6.07, 6.45) is 7.61. The summed E-state index contributed by atoms with van der Waals surface area (Å²) >= 11 is 0. The average molecular weight is 639 g/mol. The van der Waals surface area contributed by atoms with E-state index in [1.165, 1.54) is 23.4 Å². The highest BCUT2D eigenvalue weighted by molar-refractivity contribution is 6.07. The first-order chi connectivity index (χ1) is 23.0. The van der Waals surface area contributed by atoms with Crippen molar-refractivity contribution >= 4 is 34.6 Å². The van der Waals surface area contributed by atoms with E-state index in [1.54, 1.807) is 17.2 Å². The second-order valence-corrected chi connectivity index (χ2v) is 12.8. The van der Waals surface area contributed by atoms with Crippen LogP contribution in [0.2, 0.25) is 0 Å². The first-order valence-electron chi connectivity index (χ1n) is 16.5. The molecule has 1 aromatic carbocycles. The molecule has 3 aromatic heterocycles. The van der Waals surface area contributed by atoms with E-state index >= 15 is 4.39 Å². The van der Waals surface area contributed by atoms with Crippen molar-refractivity contribution in [1.82, 2.24) is 19.4 Å². The minimum Gasteiger partial charge on any atom is -0.392 e. The zero-order chi connectivity index (χ0) is 32.1. The monoisotopic (exact) mass is 638 g/mol. The second-order valence-electron chi connectivity index (χ2n) is 12.8. The minimum absolute atomic E-state index is 0.181. The first-order valence-corrected chi connectivity index (χ1v) is 16.5. The zero-order valence-corrected chi connectivity index (χ0v) is 26.3. The molecular weight excluding hydrogens is 599 g/mol. The van der Waals surface area contributed by atoms with Gasteiger partial charge >= 0.3 is 0 Å². The van der Waals surface area contributed by atoms with Crippen molar-refractivity contribution in [3.63, 3.8) is 0 Å². The molecule has 0 unspecified atom stereocenters. The Balaban J connectivity index is 1.03. The van der Waals surface area contributed by atoms with E-state index < -0.39 is 5.82 Å². The predicted molar refractivity (Wildman–Crippen MR) is 179 cm³/mol. The van der Waals surface area contributed by atoms with Crippen molar-refractivity contribution in [2.75, 3.05) is 66.8 Å². The Morgan fingerprint density at radius 2 is 1.81 bits per heavy atom. The minimum atomic E-state index is -0.509. The van der Waals surface area contributed by atoms with Gasteiger partial charge in [0.2, 0.25) is 0 Å². The summed E-state index contributed by atoms with van der Waals surface area (Å²) < 4.78 is 22.8. The summed E-state index contributed by atoms with van der Waals surface area (Å²) in [7, 11) is 0. The number of nitrogens with two attached hydrogens (primary N) is 1. The van der Waals surface area contributed by atoms with Crippen molar-refractivity contribution in [3.8, 4) is 11.1 Å². The number of piperazine rings is 1. The lowest BCUT2D eigenvalue weighted by molar-refractivity contribution is -0.0660. The van der Waals surface area contributed by atoms with Gasteiger partial charge in [-0.1, -0.05) is 0 Å². The normalized spacial score (nSPS) is 18.6. The molecule has 0 radical (unpaired) electrons. The Hall–Kier alpha value is -4.52. The highest BCUT2D eigenvalue weighted by Gasteiger charge is 2.32. The number of rotatable bonds is 7. The predicted octanol–water partition coefficient (Wildman–Crippen LogP) is 3.96. The van der Waals surface area contributed by atoms with Crippen molar-refractivity contribution < 1.29 is 19.0 Å². The maximum absolute atomic E-state index is 15.3. The number of nitrogens with one attached hydrogen (secondary N) is 1. The Bertz CT molecular complexity index is 1810. The van der Waals surface area contributed by atoms with Crippen LogP contribution in [0.25, 0.3) is 11.1 Å². The Kier molecular flexibility index (Phi) is 7.78. The number of amides is 1. The van der Waals surface area contributed by atoms with Gasteiger partial charge in [-0.25, -0.2) is 14.4 Å². The molecule has 3 aliphatic heterocycles. The molecule has 6 heterocycles. The van der Waals surface area contributed by atoms with Gasteiger partial charge in [-0.2, -0.15) is 0 Å². The van der Waals surface area contributed by atoms with Crippen LogP contribution in [0.5, 0.6) is 0 Å². The Morgan fingerprint density at radius 1 is 0.979 bits per heavy atom. The van der Waals surface area contributed by atoms with E-state index in [9.17, 15) is 9.90 Å². The van der Waals surface area contributed by atoms with Crippen molar-refractivity contribution in [3.05, 3.63) is 77.1 Å². The van der Waals surface area contributed by atoms with Crippen molar-refractivity contribution in [1.29, 1.82) is 0 Å². The number of hydrogen-bond donors (Lipinski definition) is 3. The van der Waals surface area contributed by atoms with Crippen LogP contribution in [-0.2, 0) is 30.7 Å². The Labute approximate surface area is 272 Å². The molecule has 1 amide bonds. The van der Waals surface area contributed by atoms with Crippen molar-refractivity contribution in [2.45, 2.75) is 44.9 Å². The maximum Gasteiger partial charge on any atom is 0.274 e. The number of aryl methyl sites for hydroxylation is 1. The van der Waals surface area contributed by atoms with Crippen LogP contribution in [-0.4, -0.2) is 82.4 Å². The molecule has 0 saturated carbocycles. The van der Waals surface area contributed by atoms with Crippen LogP contribution in [0, 0.1) is 5.82 Å². The fraction of sp³-hybridized carbons (Fsp3) is 0.400. The third-order valence-electron chi connectivity index (χ3n) is 10.1. The molecule has 8 rings (SSSR count). The lowest BCUT2D eigenvalue weighted by atomic mass is 9.98. The number of carbonyl (C=O) groups is 1. The van der Waals surface area contributed by atoms with Crippen LogP contribution in [0.4, 0.5) is 33.1 Å². The van der Waals surface area contributed by atoms with Gasteiger partial charge in [0, 0.05) is 62.3 Å². The van der Waals surface area contributed by atoms with Gasteiger partial charge in [-0.05, 0) is 73.2 Å². The van der Waals surface area contributed by atoms with E-state index in [1.807, 2.05) is 24.4 Å². The van der Waals surface area contributed by atoms with Gasteiger partial charge in [0.1, 0.15) is 23.1 Å². The third-order valence-corrected chi connectivity index (χ3v) is 10.1. The van der Waals surface area contributed by atoms with Gasteiger partial charge in [-0.15, -0.1) is 0 Å². The number of pyridine rings is 2. The number of aliphatic hydroxyl groups is 1. The summed E-state index contributed by atoms with van der Waals surface area (Å²) in [6, 6.07) is 11.0. The summed E-state index contributed by atoms with van der Waals surface area (Å²) in [5.41, 5.74) is 12.8. The van der Waals surface area contributed by atoms with Gasteiger partial charge in [0.05, 0.1) is 49.1 Å². The molecule has 47 heavy (non-hydrogen) atoms. The standard InChI is InChI=1S/C35H39FN8O3/c36-24-15-27(28(19-45)31(16-24)44-12-11-43-30-4-2-1-3-22(30)14-32(43)35(44)46)23-13-29(34(37)39-17-23)40-33-6-5-25(18-38-33)41-7-9-42(10-8-41)26-20-47-21-26/h5-6,13-18,26,45H,1-4,7-12,19-21H2,(H2,37,39)(H,38,40). The lowest BCUT2D eigenvalue weighted by Crippen LogP contribution is -2.56. The number of anilines is 5. The molecule has 0 atom stereocenters. The van der Waals surface area contributed by atoms with Gasteiger partial charge in [0.15, 0.2) is 0 Å². The molecule has 0 spiro atoms. The van der Waals surface area contributed by atoms with Crippen molar-refractivity contribution in [2.24, 2.45) is 0 Å². The fourth-order valence-corrected chi connectivity index (χ4v) is 7.44. The molecule has 4 aromatic rings. The van der Waals surface area contributed by atoms with Gasteiger partial charge < -0.3 is 35.3 Å². The number of benzene rings is 1. The molecule has 2 fully saturated rings. The van der Waals surface area contributed by atoms with Crippen LogP contribution in [0.1, 0.15) is 40.2 Å². The summed E-state index contributed by atoms with van der Waals surface area (Å²) in [5.74, 6) is 0.162. The van der Waals surface area contributed by atoms with E-state index in [2.05, 4.69) is 29.7 Å². The molecular formula is C35H39FN8O3. The lowest BCUT2D eigenvalue weighted by Gasteiger charge is -2.43. The molecule has 4 N–H and O–H groups in total. The number of aromatic nitrogens is 3. The third kappa shape index (κ3) is 5.49. The number of nitrogen functional groups attached to an aromatic ring is 1. The number of aliphatic hydroxyl groups excluding tert-OH is 1. The largest absolute Gasteiger partial charge is 0.392 e.